The fraction of sp³-hybridized carbons (Fsp3) is 0.148. The average molecular weight is 470 g/mol. The Hall–Kier alpha value is -3.90. The Morgan fingerprint density at radius 3 is 2.32 bits per heavy atom. The lowest BCUT2D eigenvalue weighted by atomic mass is 9.98. The summed E-state index contributed by atoms with van der Waals surface area (Å²) < 4.78 is 11.4. The lowest BCUT2D eigenvalue weighted by Gasteiger charge is -2.22. The number of hydrazone groups is 1. The summed E-state index contributed by atoms with van der Waals surface area (Å²) in [5.74, 6) is 1.19. The van der Waals surface area contributed by atoms with E-state index in [1.807, 2.05) is 66.7 Å². The third kappa shape index (κ3) is 3.66. The van der Waals surface area contributed by atoms with Crippen LogP contribution in [0.3, 0.4) is 0 Å². The Kier molecular flexibility index (Phi) is 5.15. The van der Waals surface area contributed by atoms with Gasteiger partial charge in [0.25, 0.3) is 5.91 Å². The van der Waals surface area contributed by atoms with Crippen LogP contribution < -0.4 is 9.47 Å². The van der Waals surface area contributed by atoms with Crippen LogP contribution in [-0.4, -0.2) is 34.8 Å². The molecule has 0 N–H and O–H groups in total. The highest BCUT2D eigenvalue weighted by molar-refractivity contribution is 6.33. The van der Waals surface area contributed by atoms with Gasteiger partial charge in [-0.25, -0.2) is 9.99 Å². The molecule has 0 bridgehead atoms. The molecule has 0 fully saturated rings. The molecule has 0 unspecified atom stereocenters. The number of nitrogens with zero attached hydrogens (tertiary/aromatic N) is 3. The van der Waals surface area contributed by atoms with Gasteiger partial charge >= 0.3 is 0 Å². The van der Waals surface area contributed by atoms with E-state index in [0.29, 0.717) is 58.6 Å². The molecule has 3 heterocycles. The van der Waals surface area contributed by atoms with E-state index in [2.05, 4.69) is 4.98 Å². The van der Waals surface area contributed by atoms with Gasteiger partial charge in [0.2, 0.25) is 0 Å². The Balaban J connectivity index is 1.43. The molecule has 168 valence electrons. The zero-order valence-electron chi connectivity index (χ0n) is 18.1. The van der Waals surface area contributed by atoms with Crippen LogP contribution in [0.1, 0.15) is 33.9 Å². The third-order valence-electron chi connectivity index (χ3n) is 6.07. The van der Waals surface area contributed by atoms with E-state index in [0.717, 1.165) is 10.9 Å². The standard InChI is InChI=1S/C27H20ClN3O3/c28-26-20(13-19-14-24-25(16-21(19)29-26)34-12-11-33-24)22-15-23(17-7-3-1-4-8-17)31(30-22)27(32)18-9-5-2-6-10-18/h1-10,13-14,16,23H,11-12,15H2/t23-/m1/s1. The predicted molar refractivity (Wildman–Crippen MR) is 131 cm³/mol. The summed E-state index contributed by atoms with van der Waals surface area (Å²) in [6.45, 7) is 1.02. The maximum atomic E-state index is 13.4. The number of rotatable bonds is 3. The van der Waals surface area contributed by atoms with Crippen molar-refractivity contribution in [2.75, 3.05) is 13.2 Å². The number of aromatic nitrogens is 1. The zero-order chi connectivity index (χ0) is 23.1. The molecule has 1 atom stereocenters. The largest absolute Gasteiger partial charge is 0.486 e. The minimum Gasteiger partial charge on any atom is -0.486 e. The van der Waals surface area contributed by atoms with Crippen LogP contribution in [0, 0.1) is 0 Å². The first-order valence-electron chi connectivity index (χ1n) is 11.1. The maximum Gasteiger partial charge on any atom is 0.274 e. The SMILES string of the molecule is O=C(c1ccccc1)N1N=C(c2cc3cc4c(cc3nc2Cl)OCCO4)C[C@@H]1c1ccccc1. The molecule has 2 aliphatic rings. The summed E-state index contributed by atoms with van der Waals surface area (Å²) >= 11 is 6.64. The molecule has 6 nitrogen and oxygen atoms in total. The van der Waals surface area contributed by atoms with Gasteiger partial charge in [-0.15, -0.1) is 0 Å². The molecule has 0 aliphatic carbocycles. The Morgan fingerprint density at radius 1 is 0.912 bits per heavy atom. The van der Waals surface area contributed by atoms with E-state index in [1.165, 1.54) is 0 Å². The van der Waals surface area contributed by atoms with Crippen LogP contribution in [0.4, 0.5) is 0 Å². The third-order valence-corrected chi connectivity index (χ3v) is 6.35. The zero-order valence-corrected chi connectivity index (χ0v) is 18.9. The van der Waals surface area contributed by atoms with Crippen molar-refractivity contribution in [1.82, 2.24) is 9.99 Å². The summed E-state index contributed by atoms with van der Waals surface area (Å²) in [5, 5.41) is 7.54. The van der Waals surface area contributed by atoms with Crippen molar-refractivity contribution in [1.29, 1.82) is 0 Å². The maximum absolute atomic E-state index is 13.4. The van der Waals surface area contributed by atoms with Gasteiger partial charge < -0.3 is 9.47 Å². The van der Waals surface area contributed by atoms with Crippen LogP contribution >= 0.6 is 11.6 Å². The minimum atomic E-state index is -0.240. The van der Waals surface area contributed by atoms with E-state index in [-0.39, 0.29) is 11.9 Å². The molecule has 4 aromatic rings. The molecule has 1 aromatic heterocycles. The van der Waals surface area contributed by atoms with Gasteiger partial charge in [0, 0.05) is 29.0 Å². The van der Waals surface area contributed by atoms with Crippen molar-refractivity contribution in [3.8, 4) is 11.5 Å². The van der Waals surface area contributed by atoms with E-state index in [9.17, 15) is 4.79 Å². The van der Waals surface area contributed by atoms with Crippen molar-refractivity contribution < 1.29 is 14.3 Å². The van der Waals surface area contributed by atoms with Gasteiger partial charge in [-0.1, -0.05) is 60.1 Å². The van der Waals surface area contributed by atoms with Crippen molar-refractivity contribution in [3.63, 3.8) is 0 Å². The van der Waals surface area contributed by atoms with E-state index >= 15 is 0 Å². The van der Waals surface area contributed by atoms with Crippen LogP contribution in [0.2, 0.25) is 5.15 Å². The van der Waals surface area contributed by atoms with E-state index in [4.69, 9.17) is 26.2 Å². The summed E-state index contributed by atoms with van der Waals surface area (Å²) in [5.41, 5.74) is 3.73. The number of carbonyl (C=O) groups excluding carboxylic acids is 1. The number of hydrogen-bond donors (Lipinski definition) is 0. The number of fused-ring (bicyclic) bond motifs is 2. The number of ether oxygens (including phenoxy) is 2. The molecule has 34 heavy (non-hydrogen) atoms. The Labute approximate surface area is 201 Å². The average Bonchev–Trinajstić information content (AvgIpc) is 3.33. The monoisotopic (exact) mass is 469 g/mol. The number of benzene rings is 3. The molecule has 0 spiro atoms. The first-order chi connectivity index (χ1) is 16.7. The molecule has 3 aromatic carbocycles. The molecular formula is C27H20ClN3O3. The first kappa shape index (κ1) is 20.7. The highest BCUT2D eigenvalue weighted by Gasteiger charge is 2.34. The van der Waals surface area contributed by atoms with Gasteiger partial charge in [0.05, 0.1) is 17.3 Å². The molecule has 6 rings (SSSR count). The van der Waals surface area contributed by atoms with Crippen molar-refractivity contribution >= 4 is 34.1 Å². The summed E-state index contributed by atoms with van der Waals surface area (Å²) in [4.78, 5) is 18.0. The van der Waals surface area contributed by atoms with Crippen LogP contribution in [0.5, 0.6) is 11.5 Å². The van der Waals surface area contributed by atoms with Crippen molar-refractivity contribution in [2.45, 2.75) is 12.5 Å². The fourth-order valence-corrected chi connectivity index (χ4v) is 4.65. The molecule has 0 saturated carbocycles. The second-order valence-electron chi connectivity index (χ2n) is 8.21. The minimum absolute atomic E-state index is 0.158. The van der Waals surface area contributed by atoms with Crippen molar-refractivity contribution in [2.24, 2.45) is 5.10 Å². The number of hydrogen-bond acceptors (Lipinski definition) is 5. The van der Waals surface area contributed by atoms with Crippen LogP contribution in [0.25, 0.3) is 10.9 Å². The Bertz CT molecular complexity index is 1420. The normalized spacial score (nSPS) is 17.0. The molecule has 2 aliphatic heterocycles. The van der Waals surface area contributed by atoms with Gasteiger partial charge in [-0.3, -0.25) is 4.79 Å². The predicted octanol–water partition coefficient (Wildman–Crippen LogP) is 5.65. The highest BCUT2D eigenvalue weighted by Crippen LogP contribution is 2.38. The summed E-state index contributed by atoms with van der Waals surface area (Å²) in [7, 11) is 0. The lowest BCUT2D eigenvalue weighted by Crippen LogP contribution is -2.27. The number of amides is 1. The molecule has 0 radical (unpaired) electrons. The van der Waals surface area contributed by atoms with Gasteiger partial charge in [-0.05, 0) is 29.8 Å². The lowest BCUT2D eigenvalue weighted by molar-refractivity contribution is 0.0711. The quantitative estimate of drug-likeness (QED) is 0.364. The topological polar surface area (TPSA) is 64.0 Å². The number of halogens is 1. The smallest absolute Gasteiger partial charge is 0.274 e. The fourth-order valence-electron chi connectivity index (χ4n) is 4.40. The number of carbonyl (C=O) groups is 1. The molecule has 1 amide bonds. The summed E-state index contributed by atoms with van der Waals surface area (Å²) in [6.07, 6.45) is 0.528. The van der Waals surface area contributed by atoms with E-state index < -0.39 is 0 Å². The van der Waals surface area contributed by atoms with Crippen LogP contribution in [-0.2, 0) is 0 Å². The first-order valence-corrected chi connectivity index (χ1v) is 11.5. The molecule has 0 saturated heterocycles. The molecular weight excluding hydrogens is 450 g/mol. The van der Waals surface area contributed by atoms with E-state index in [1.54, 1.807) is 17.1 Å². The molecule has 7 heteroatoms. The second kappa shape index (κ2) is 8.47. The highest BCUT2D eigenvalue weighted by atomic mass is 35.5. The van der Waals surface area contributed by atoms with Gasteiger partial charge in [-0.2, -0.15) is 5.10 Å². The summed E-state index contributed by atoms with van der Waals surface area (Å²) in [6, 6.07) is 24.6. The second-order valence-corrected chi connectivity index (χ2v) is 8.57. The van der Waals surface area contributed by atoms with Crippen molar-refractivity contribution in [3.05, 3.63) is 101 Å². The Morgan fingerprint density at radius 2 is 1.59 bits per heavy atom. The number of pyridine rings is 1. The van der Waals surface area contributed by atoms with Crippen LogP contribution in [0.15, 0.2) is 84.0 Å². The van der Waals surface area contributed by atoms with Gasteiger partial charge in [0.15, 0.2) is 11.5 Å². The van der Waals surface area contributed by atoms with Gasteiger partial charge in [0.1, 0.15) is 18.4 Å².